The molecule has 0 fully saturated rings. The summed E-state index contributed by atoms with van der Waals surface area (Å²) in [7, 11) is 0. The van der Waals surface area contributed by atoms with Gasteiger partial charge in [-0.25, -0.2) is 4.39 Å². The van der Waals surface area contributed by atoms with Crippen LogP contribution in [0.2, 0.25) is 0 Å². The van der Waals surface area contributed by atoms with Crippen LogP contribution in [0.25, 0.3) is 0 Å². The van der Waals surface area contributed by atoms with Crippen molar-refractivity contribution < 1.29 is 9.18 Å². The minimum atomic E-state index is -0.343. The summed E-state index contributed by atoms with van der Waals surface area (Å²) in [6.07, 6.45) is 0. The lowest BCUT2D eigenvalue weighted by Crippen LogP contribution is -2.49. The largest absolute Gasteiger partial charge is 0.353 e. The first-order valence-corrected chi connectivity index (χ1v) is 5.40. The predicted molar refractivity (Wildman–Crippen MR) is 62.1 cm³/mol. The highest BCUT2D eigenvalue weighted by Crippen LogP contribution is 2.35. The molecule has 0 saturated heterocycles. The number of hydrogen-bond acceptors (Lipinski definition) is 2. The van der Waals surface area contributed by atoms with E-state index >= 15 is 0 Å². The second kappa shape index (κ2) is 3.77. The second-order valence-electron chi connectivity index (χ2n) is 4.30. The lowest BCUT2D eigenvalue weighted by Gasteiger charge is -2.39. The van der Waals surface area contributed by atoms with E-state index in [4.69, 9.17) is 0 Å². The van der Waals surface area contributed by atoms with Crippen LogP contribution in [-0.4, -0.2) is 18.0 Å². The van der Waals surface area contributed by atoms with Crippen LogP contribution in [0.3, 0.4) is 0 Å². The SMILES string of the molecule is CC(C)N1c2c(F)cccc2NC(=O)C1C. The normalized spacial score (nSPS) is 19.7. The van der Waals surface area contributed by atoms with Crippen LogP contribution >= 0.6 is 0 Å². The molecule has 1 unspecified atom stereocenters. The Balaban J connectivity index is 2.58. The molecule has 1 aliphatic heterocycles. The van der Waals surface area contributed by atoms with Crippen molar-refractivity contribution >= 4 is 17.3 Å². The zero-order chi connectivity index (χ0) is 11.9. The van der Waals surface area contributed by atoms with Crippen LogP contribution in [0.1, 0.15) is 20.8 Å². The van der Waals surface area contributed by atoms with Gasteiger partial charge in [-0.1, -0.05) is 6.07 Å². The van der Waals surface area contributed by atoms with Gasteiger partial charge in [0.15, 0.2) is 0 Å². The van der Waals surface area contributed by atoms with Gasteiger partial charge in [0.25, 0.3) is 0 Å². The lowest BCUT2D eigenvalue weighted by molar-refractivity contribution is -0.117. The first-order valence-electron chi connectivity index (χ1n) is 5.40. The molecule has 0 aromatic heterocycles. The molecule has 1 aromatic carbocycles. The summed E-state index contributed by atoms with van der Waals surface area (Å²) < 4.78 is 13.8. The summed E-state index contributed by atoms with van der Waals surface area (Å²) in [5.41, 5.74) is 1.04. The van der Waals surface area contributed by atoms with Gasteiger partial charge in [0.2, 0.25) is 5.91 Å². The van der Waals surface area contributed by atoms with Gasteiger partial charge in [-0.3, -0.25) is 4.79 Å². The topological polar surface area (TPSA) is 32.3 Å². The Hall–Kier alpha value is -1.58. The molecule has 1 aliphatic rings. The smallest absolute Gasteiger partial charge is 0.246 e. The molecule has 1 heterocycles. The Kier molecular flexibility index (Phi) is 2.58. The van der Waals surface area contributed by atoms with Crippen molar-refractivity contribution in [1.82, 2.24) is 0 Å². The molecule has 3 nitrogen and oxygen atoms in total. The molecule has 0 aliphatic carbocycles. The average molecular weight is 222 g/mol. The molecule has 0 radical (unpaired) electrons. The molecule has 86 valence electrons. The van der Waals surface area contributed by atoms with E-state index < -0.39 is 0 Å². The number of benzene rings is 1. The molecular weight excluding hydrogens is 207 g/mol. The number of nitrogens with one attached hydrogen (secondary N) is 1. The van der Waals surface area contributed by atoms with Gasteiger partial charge >= 0.3 is 0 Å². The molecule has 1 N–H and O–H groups in total. The van der Waals surface area contributed by atoms with Crippen molar-refractivity contribution in [3.8, 4) is 0 Å². The summed E-state index contributed by atoms with van der Waals surface area (Å²) in [5, 5.41) is 2.71. The lowest BCUT2D eigenvalue weighted by atomic mass is 10.1. The fraction of sp³-hybridized carbons (Fsp3) is 0.417. The minimum Gasteiger partial charge on any atom is -0.353 e. The number of halogens is 1. The molecule has 1 amide bonds. The zero-order valence-corrected chi connectivity index (χ0v) is 9.62. The van der Waals surface area contributed by atoms with E-state index in [0.717, 1.165) is 0 Å². The number of para-hydroxylation sites is 1. The summed E-state index contributed by atoms with van der Waals surface area (Å²) in [6.45, 7) is 5.68. The van der Waals surface area contributed by atoms with Crippen molar-refractivity contribution in [3.05, 3.63) is 24.0 Å². The molecule has 2 rings (SSSR count). The Morgan fingerprint density at radius 1 is 1.44 bits per heavy atom. The molecular formula is C12H15FN2O. The molecule has 4 heteroatoms. The first kappa shape index (κ1) is 10.9. The van der Waals surface area contributed by atoms with Crippen molar-refractivity contribution in [2.24, 2.45) is 0 Å². The summed E-state index contributed by atoms with van der Waals surface area (Å²) in [4.78, 5) is 13.5. The maximum Gasteiger partial charge on any atom is 0.246 e. The Bertz CT molecular complexity index is 431. The molecule has 1 atom stereocenters. The predicted octanol–water partition coefficient (Wildman–Crippen LogP) is 2.38. The number of carbonyl (C=O) groups is 1. The van der Waals surface area contributed by atoms with E-state index in [-0.39, 0.29) is 23.8 Å². The molecule has 0 spiro atoms. The van der Waals surface area contributed by atoms with Crippen molar-refractivity contribution in [1.29, 1.82) is 0 Å². The first-order chi connectivity index (χ1) is 7.52. The number of rotatable bonds is 1. The fourth-order valence-corrected chi connectivity index (χ4v) is 2.14. The van der Waals surface area contributed by atoms with Crippen LogP contribution < -0.4 is 10.2 Å². The number of anilines is 2. The third-order valence-electron chi connectivity index (χ3n) is 2.86. The third kappa shape index (κ3) is 1.54. The van der Waals surface area contributed by atoms with Gasteiger partial charge in [-0.2, -0.15) is 0 Å². The van der Waals surface area contributed by atoms with E-state index in [0.29, 0.717) is 11.4 Å². The highest BCUT2D eigenvalue weighted by atomic mass is 19.1. The van der Waals surface area contributed by atoms with Crippen molar-refractivity contribution in [3.63, 3.8) is 0 Å². The molecule has 1 aromatic rings. The van der Waals surface area contributed by atoms with Gasteiger partial charge in [0.05, 0.1) is 11.4 Å². The standard InChI is InChI=1S/C12H15FN2O/c1-7(2)15-8(3)12(16)14-10-6-4-5-9(13)11(10)15/h4-8H,1-3H3,(H,14,16). The molecule has 0 bridgehead atoms. The van der Waals surface area contributed by atoms with Crippen LogP contribution in [0.15, 0.2) is 18.2 Å². The van der Waals surface area contributed by atoms with Crippen molar-refractivity contribution in [2.45, 2.75) is 32.9 Å². The van der Waals surface area contributed by atoms with E-state index in [1.807, 2.05) is 18.7 Å². The van der Waals surface area contributed by atoms with Gasteiger partial charge in [-0.15, -0.1) is 0 Å². The van der Waals surface area contributed by atoms with E-state index in [2.05, 4.69) is 5.32 Å². The molecule has 0 saturated carbocycles. The fourth-order valence-electron chi connectivity index (χ4n) is 2.14. The van der Waals surface area contributed by atoms with Crippen LogP contribution in [0, 0.1) is 5.82 Å². The Morgan fingerprint density at radius 3 is 2.75 bits per heavy atom. The van der Waals surface area contributed by atoms with E-state index in [9.17, 15) is 9.18 Å². The van der Waals surface area contributed by atoms with Gasteiger partial charge in [-0.05, 0) is 32.9 Å². The summed E-state index contributed by atoms with van der Waals surface area (Å²) >= 11 is 0. The van der Waals surface area contributed by atoms with Gasteiger partial charge < -0.3 is 10.2 Å². The average Bonchev–Trinajstić information content (AvgIpc) is 2.20. The highest BCUT2D eigenvalue weighted by molar-refractivity contribution is 6.03. The van der Waals surface area contributed by atoms with Gasteiger partial charge in [0.1, 0.15) is 11.9 Å². The second-order valence-corrected chi connectivity index (χ2v) is 4.30. The van der Waals surface area contributed by atoms with E-state index in [1.165, 1.54) is 6.07 Å². The quantitative estimate of drug-likeness (QED) is 0.791. The maximum atomic E-state index is 13.8. The maximum absolute atomic E-state index is 13.8. The summed E-state index contributed by atoms with van der Waals surface area (Å²) in [5.74, 6) is -0.384. The Morgan fingerprint density at radius 2 is 2.12 bits per heavy atom. The zero-order valence-electron chi connectivity index (χ0n) is 9.62. The minimum absolute atomic E-state index is 0.0803. The monoisotopic (exact) mass is 222 g/mol. The highest BCUT2D eigenvalue weighted by Gasteiger charge is 2.32. The summed E-state index contributed by atoms with van der Waals surface area (Å²) in [6, 6.07) is 4.47. The van der Waals surface area contributed by atoms with Gasteiger partial charge in [0, 0.05) is 6.04 Å². The Labute approximate surface area is 94.3 Å². The van der Waals surface area contributed by atoms with Crippen LogP contribution in [0.4, 0.5) is 15.8 Å². The number of nitrogens with zero attached hydrogens (tertiary/aromatic N) is 1. The number of fused-ring (bicyclic) bond motifs is 1. The van der Waals surface area contributed by atoms with E-state index in [1.54, 1.807) is 19.1 Å². The number of amides is 1. The third-order valence-corrected chi connectivity index (χ3v) is 2.86. The number of carbonyl (C=O) groups excluding carboxylic acids is 1. The number of hydrogen-bond donors (Lipinski definition) is 1. The molecule has 16 heavy (non-hydrogen) atoms. The van der Waals surface area contributed by atoms with Crippen LogP contribution in [0.5, 0.6) is 0 Å². The van der Waals surface area contributed by atoms with Crippen molar-refractivity contribution in [2.75, 3.05) is 10.2 Å². The van der Waals surface area contributed by atoms with Crippen LogP contribution in [-0.2, 0) is 4.79 Å².